The molecule has 2 heterocycles. The van der Waals surface area contributed by atoms with Crippen LogP contribution in [0.1, 0.15) is 43.7 Å². The molecular weight excluding hydrogens is 300 g/mol. The predicted molar refractivity (Wildman–Crippen MR) is 87.4 cm³/mol. The number of para-hydroxylation sites is 1. The van der Waals surface area contributed by atoms with E-state index in [0.29, 0.717) is 0 Å². The summed E-state index contributed by atoms with van der Waals surface area (Å²) in [5.41, 5.74) is 1.08. The second kappa shape index (κ2) is 6.09. The molecule has 0 aromatic heterocycles. The van der Waals surface area contributed by atoms with Crippen LogP contribution in [0.5, 0.6) is 5.75 Å². The van der Waals surface area contributed by atoms with E-state index in [4.69, 9.17) is 4.74 Å². The zero-order valence-electron chi connectivity index (χ0n) is 12.6. The number of carbonyl (C=O) groups is 1. The first-order chi connectivity index (χ1) is 10.3. The molecule has 1 unspecified atom stereocenters. The first-order valence-electron chi connectivity index (χ1n) is 8.05. The summed E-state index contributed by atoms with van der Waals surface area (Å²) in [5, 5.41) is 6.43. The zero-order chi connectivity index (χ0) is 14.3. The van der Waals surface area contributed by atoms with E-state index in [1.165, 1.54) is 12.8 Å². The van der Waals surface area contributed by atoms with E-state index in [1.807, 2.05) is 18.2 Å². The second-order valence-corrected chi connectivity index (χ2v) is 6.65. The lowest BCUT2D eigenvalue weighted by Gasteiger charge is -2.41. The minimum absolute atomic E-state index is 0. The largest absolute Gasteiger partial charge is 0.487 e. The monoisotopic (exact) mass is 322 g/mol. The summed E-state index contributed by atoms with van der Waals surface area (Å²) in [7, 11) is 0. The van der Waals surface area contributed by atoms with Crippen molar-refractivity contribution < 1.29 is 9.53 Å². The van der Waals surface area contributed by atoms with Gasteiger partial charge in [-0.2, -0.15) is 0 Å². The smallest absolute Gasteiger partial charge is 0.226 e. The van der Waals surface area contributed by atoms with Gasteiger partial charge >= 0.3 is 0 Å². The molecule has 1 aliphatic carbocycles. The number of hydrogen-bond acceptors (Lipinski definition) is 3. The molecule has 2 N–H and O–H groups in total. The molecule has 1 saturated carbocycles. The van der Waals surface area contributed by atoms with E-state index < -0.39 is 0 Å². The molecule has 1 saturated heterocycles. The van der Waals surface area contributed by atoms with Crippen LogP contribution in [0.25, 0.3) is 0 Å². The van der Waals surface area contributed by atoms with Crippen molar-refractivity contribution in [3.8, 4) is 5.75 Å². The van der Waals surface area contributed by atoms with Crippen LogP contribution in [0.4, 0.5) is 0 Å². The highest BCUT2D eigenvalue weighted by Gasteiger charge is 2.43. The number of halogens is 1. The van der Waals surface area contributed by atoms with Crippen LogP contribution in [0.15, 0.2) is 24.3 Å². The highest BCUT2D eigenvalue weighted by atomic mass is 35.5. The summed E-state index contributed by atoms with van der Waals surface area (Å²) in [5.74, 6) is 1.28. The fourth-order valence-electron chi connectivity index (χ4n) is 3.84. The zero-order valence-corrected chi connectivity index (χ0v) is 13.5. The average Bonchev–Trinajstić information content (AvgIpc) is 2.84. The molecule has 3 aliphatic rings. The van der Waals surface area contributed by atoms with Gasteiger partial charge in [-0.05, 0) is 31.7 Å². The van der Waals surface area contributed by atoms with Gasteiger partial charge in [-0.15, -0.1) is 12.4 Å². The molecule has 1 spiro atoms. The molecule has 2 aliphatic heterocycles. The molecule has 4 rings (SSSR count). The topological polar surface area (TPSA) is 50.4 Å². The lowest BCUT2D eigenvalue weighted by atomic mass is 9.85. The Bertz CT molecular complexity index is 553. The molecule has 4 nitrogen and oxygen atoms in total. The number of hydrogen-bond donors (Lipinski definition) is 2. The van der Waals surface area contributed by atoms with Gasteiger partial charge in [0.1, 0.15) is 11.4 Å². The van der Waals surface area contributed by atoms with Crippen LogP contribution < -0.4 is 15.4 Å². The molecule has 1 atom stereocenters. The summed E-state index contributed by atoms with van der Waals surface area (Å²) in [6.45, 7) is 1.61. The number of carbonyl (C=O) groups excluding carboxylic acids is 1. The molecule has 2 fully saturated rings. The van der Waals surface area contributed by atoms with Crippen molar-refractivity contribution in [2.24, 2.45) is 5.92 Å². The van der Waals surface area contributed by atoms with Crippen molar-refractivity contribution in [1.82, 2.24) is 10.6 Å². The van der Waals surface area contributed by atoms with Gasteiger partial charge < -0.3 is 15.4 Å². The molecule has 120 valence electrons. The summed E-state index contributed by atoms with van der Waals surface area (Å²) in [6, 6.07) is 8.27. The van der Waals surface area contributed by atoms with E-state index in [1.54, 1.807) is 0 Å². The first kappa shape index (κ1) is 15.6. The fourth-order valence-corrected chi connectivity index (χ4v) is 3.84. The molecule has 5 heteroatoms. The standard InChI is InChI=1S/C17H22N2O2.ClH/c20-16(12-10-18-11-12)19-14-9-17(7-3-4-8-17)21-15-6-2-1-5-13(14)15;/h1-2,5-6,12,14,18H,3-4,7-11H2,(H,19,20);1H. The highest BCUT2D eigenvalue weighted by Crippen LogP contribution is 2.47. The summed E-state index contributed by atoms with van der Waals surface area (Å²) in [4.78, 5) is 12.3. The highest BCUT2D eigenvalue weighted by molar-refractivity contribution is 5.85. The van der Waals surface area contributed by atoms with Crippen molar-refractivity contribution >= 4 is 18.3 Å². The van der Waals surface area contributed by atoms with Crippen molar-refractivity contribution in [2.45, 2.75) is 43.7 Å². The third-order valence-electron chi connectivity index (χ3n) is 5.18. The van der Waals surface area contributed by atoms with Crippen molar-refractivity contribution in [1.29, 1.82) is 0 Å². The third-order valence-corrected chi connectivity index (χ3v) is 5.18. The Hall–Kier alpha value is -1.26. The Balaban J connectivity index is 0.00000144. The van der Waals surface area contributed by atoms with Gasteiger partial charge in [-0.1, -0.05) is 18.2 Å². The minimum Gasteiger partial charge on any atom is -0.487 e. The number of nitrogens with one attached hydrogen (secondary N) is 2. The van der Waals surface area contributed by atoms with E-state index in [2.05, 4.69) is 16.7 Å². The number of rotatable bonds is 2. The SMILES string of the molecule is Cl.O=C(NC1CC2(CCCC2)Oc2ccccc21)C1CNC1. The normalized spacial score (nSPS) is 25.5. The molecule has 0 radical (unpaired) electrons. The van der Waals surface area contributed by atoms with Crippen LogP contribution in [0.3, 0.4) is 0 Å². The van der Waals surface area contributed by atoms with Gasteiger partial charge in [-0.25, -0.2) is 0 Å². The number of ether oxygens (including phenoxy) is 1. The summed E-state index contributed by atoms with van der Waals surface area (Å²) >= 11 is 0. The Kier molecular flexibility index (Phi) is 4.33. The van der Waals surface area contributed by atoms with Crippen LogP contribution in [0.2, 0.25) is 0 Å². The first-order valence-corrected chi connectivity index (χ1v) is 8.05. The third kappa shape index (κ3) is 2.70. The molecule has 1 amide bonds. The van der Waals surface area contributed by atoms with Gasteiger partial charge in [0, 0.05) is 25.1 Å². The number of benzene rings is 1. The molecule has 0 bridgehead atoms. The van der Waals surface area contributed by atoms with Crippen LogP contribution >= 0.6 is 12.4 Å². The Morgan fingerprint density at radius 3 is 2.64 bits per heavy atom. The summed E-state index contributed by atoms with van der Waals surface area (Å²) < 4.78 is 6.33. The van der Waals surface area contributed by atoms with E-state index >= 15 is 0 Å². The van der Waals surface area contributed by atoms with Crippen molar-refractivity contribution in [3.05, 3.63) is 29.8 Å². The van der Waals surface area contributed by atoms with E-state index in [9.17, 15) is 4.79 Å². The second-order valence-electron chi connectivity index (χ2n) is 6.65. The maximum Gasteiger partial charge on any atom is 0.226 e. The molecule has 1 aromatic rings. The van der Waals surface area contributed by atoms with Gasteiger partial charge in [0.15, 0.2) is 0 Å². The van der Waals surface area contributed by atoms with E-state index in [0.717, 1.165) is 43.7 Å². The molecule has 22 heavy (non-hydrogen) atoms. The fraction of sp³-hybridized carbons (Fsp3) is 0.588. The van der Waals surface area contributed by atoms with Crippen molar-refractivity contribution in [2.75, 3.05) is 13.1 Å². The van der Waals surface area contributed by atoms with Crippen molar-refractivity contribution in [3.63, 3.8) is 0 Å². The average molecular weight is 323 g/mol. The van der Waals surface area contributed by atoms with Gasteiger partial charge in [0.05, 0.1) is 12.0 Å². The maximum atomic E-state index is 12.3. The Morgan fingerprint density at radius 2 is 1.95 bits per heavy atom. The van der Waals surface area contributed by atoms with Crippen LogP contribution in [-0.2, 0) is 4.79 Å². The quantitative estimate of drug-likeness (QED) is 0.880. The lowest BCUT2D eigenvalue weighted by molar-refractivity contribution is -0.127. The lowest BCUT2D eigenvalue weighted by Crippen LogP contribution is -2.52. The Morgan fingerprint density at radius 1 is 1.23 bits per heavy atom. The number of amides is 1. The summed E-state index contributed by atoms with van der Waals surface area (Å²) in [6.07, 6.45) is 5.60. The van der Waals surface area contributed by atoms with Gasteiger partial charge in [0.25, 0.3) is 0 Å². The maximum absolute atomic E-state index is 12.3. The molecular formula is C17H23ClN2O2. The number of fused-ring (bicyclic) bond motifs is 1. The molecule has 1 aromatic carbocycles. The minimum atomic E-state index is -0.0514. The predicted octanol–water partition coefficient (Wildman–Crippen LogP) is 2.58. The van der Waals surface area contributed by atoms with Crippen LogP contribution in [-0.4, -0.2) is 24.6 Å². The van der Waals surface area contributed by atoms with E-state index in [-0.39, 0.29) is 35.9 Å². The van der Waals surface area contributed by atoms with Gasteiger partial charge in [0.2, 0.25) is 5.91 Å². The Labute approximate surface area is 137 Å². The van der Waals surface area contributed by atoms with Gasteiger partial charge in [-0.3, -0.25) is 4.79 Å². The van der Waals surface area contributed by atoms with Crippen LogP contribution in [0, 0.1) is 5.92 Å².